The van der Waals surface area contributed by atoms with Gasteiger partial charge in [-0.1, -0.05) is 30.2 Å². The van der Waals surface area contributed by atoms with Crippen LogP contribution in [0.5, 0.6) is 11.9 Å². The normalized spacial score (nSPS) is 23.8. The van der Waals surface area contributed by atoms with Crippen LogP contribution in [0, 0.1) is 24.0 Å². The van der Waals surface area contributed by atoms with Gasteiger partial charge in [0.25, 0.3) is 0 Å². The molecule has 0 spiro atoms. The first-order valence-electron chi connectivity index (χ1n) is 14.9. The minimum absolute atomic E-state index is 0.00162. The van der Waals surface area contributed by atoms with E-state index in [9.17, 15) is 13.9 Å². The molecule has 2 aromatic carbocycles. The monoisotopic (exact) mass is 603 g/mol. The van der Waals surface area contributed by atoms with Crippen LogP contribution < -0.4 is 14.4 Å². The molecule has 228 valence electrons. The highest BCUT2D eigenvalue weighted by molar-refractivity contribution is 6.03. The summed E-state index contributed by atoms with van der Waals surface area (Å²) in [5.41, 5.74) is -0.385. The number of fused-ring (bicyclic) bond motifs is 2. The first-order chi connectivity index (χ1) is 21.2. The van der Waals surface area contributed by atoms with Crippen LogP contribution in [0.3, 0.4) is 0 Å². The van der Waals surface area contributed by atoms with Gasteiger partial charge in [-0.3, -0.25) is 4.90 Å². The van der Waals surface area contributed by atoms with Crippen molar-refractivity contribution in [3.05, 3.63) is 47.5 Å². The number of nitrogens with zero attached hydrogens (tertiary/aromatic N) is 5. The van der Waals surface area contributed by atoms with Gasteiger partial charge >= 0.3 is 6.01 Å². The highest BCUT2D eigenvalue weighted by atomic mass is 19.1. The third-order valence-corrected chi connectivity index (χ3v) is 9.26. The third-order valence-electron chi connectivity index (χ3n) is 9.26. The lowest BCUT2D eigenvalue weighted by Gasteiger charge is -2.34. The summed E-state index contributed by atoms with van der Waals surface area (Å²) in [6, 6.07) is 7.22. The molecule has 2 aromatic heterocycles. The molecule has 44 heavy (non-hydrogen) atoms. The average molecular weight is 604 g/mol. The number of halogens is 3. The van der Waals surface area contributed by atoms with Gasteiger partial charge in [0.15, 0.2) is 5.82 Å². The number of rotatable bonds is 6. The van der Waals surface area contributed by atoms with Gasteiger partial charge in [-0.2, -0.15) is 9.97 Å². The number of aromatic nitrogens is 3. The quantitative estimate of drug-likeness (QED) is 0.308. The van der Waals surface area contributed by atoms with E-state index >= 15 is 4.39 Å². The molecule has 4 atom stereocenters. The SMILES string of the molecule is C#Cc1c(F)ccc2cccc(-c3nc4c5c(nc(OC[C@@]67CCCN6C[C@H](F)C7)nc5c3F)N([C@H](C)CO)[C@@H](C)CO4)c12. The van der Waals surface area contributed by atoms with Gasteiger partial charge in [-0.25, -0.2) is 18.2 Å². The number of alkyl halides is 1. The first kappa shape index (κ1) is 28.6. The molecule has 1 N–H and O–H groups in total. The van der Waals surface area contributed by atoms with Crippen molar-refractivity contribution in [2.75, 3.05) is 37.8 Å². The van der Waals surface area contributed by atoms with Crippen molar-refractivity contribution in [2.24, 2.45) is 0 Å². The number of aliphatic hydroxyl groups is 1. The van der Waals surface area contributed by atoms with Crippen molar-refractivity contribution in [3.63, 3.8) is 0 Å². The third kappa shape index (κ3) is 4.42. The van der Waals surface area contributed by atoms with Gasteiger partial charge in [0.2, 0.25) is 5.88 Å². The van der Waals surface area contributed by atoms with Crippen LogP contribution >= 0.6 is 0 Å². The minimum atomic E-state index is -0.938. The molecule has 0 bridgehead atoms. The molecule has 2 fully saturated rings. The number of pyridine rings is 1. The number of aliphatic hydroxyl groups excluding tert-OH is 1. The van der Waals surface area contributed by atoms with Crippen LogP contribution in [0.2, 0.25) is 0 Å². The number of hydrogen-bond acceptors (Lipinski definition) is 8. The van der Waals surface area contributed by atoms with Crippen LogP contribution in [0.25, 0.3) is 32.9 Å². The fraction of sp³-hybridized carbons (Fsp3) is 0.424. The Balaban J connectivity index is 1.44. The topological polar surface area (TPSA) is 83.8 Å². The van der Waals surface area contributed by atoms with Crippen LogP contribution in [0.15, 0.2) is 30.3 Å². The molecule has 3 aliphatic heterocycles. The molecule has 0 unspecified atom stereocenters. The number of benzene rings is 2. The second kappa shape index (κ2) is 10.8. The lowest BCUT2D eigenvalue weighted by molar-refractivity contribution is 0.107. The van der Waals surface area contributed by atoms with E-state index in [4.69, 9.17) is 20.9 Å². The van der Waals surface area contributed by atoms with E-state index in [-0.39, 0.29) is 65.5 Å². The minimum Gasteiger partial charge on any atom is -0.475 e. The summed E-state index contributed by atoms with van der Waals surface area (Å²) < 4.78 is 58.4. The lowest BCUT2D eigenvalue weighted by Crippen LogP contribution is -2.45. The Bertz CT molecular complexity index is 1830. The van der Waals surface area contributed by atoms with Crippen LogP contribution in [0.4, 0.5) is 19.0 Å². The standard InChI is InChI=1S/C33H32F3N5O3/c1-4-22-24(35)10-9-20-7-5-8-23(25(20)22)28-27(36)29-26-30(41(18(2)15-42)19(3)16-43-31(26)37-28)39-32(38-29)44-17-33-11-6-12-40(33)14-21(34)13-33/h1,5,7-10,18-19,21,42H,6,11-17H2,2-3H3/t18-,19+,21-,33+/m1/s1. The van der Waals surface area contributed by atoms with Gasteiger partial charge < -0.3 is 19.5 Å². The molecule has 0 radical (unpaired) electrons. The molecular formula is C33H32F3N5O3. The number of terminal acetylenes is 1. The van der Waals surface area contributed by atoms with Crippen LogP contribution in [0.1, 0.15) is 38.7 Å². The summed E-state index contributed by atoms with van der Waals surface area (Å²) in [5.74, 6) is 1.44. The second-order valence-corrected chi connectivity index (χ2v) is 12.1. The van der Waals surface area contributed by atoms with E-state index in [2.05, 4.69) is 20.8 Å². The van der Waals surface area contributed by atoms with E-state index in [1.807, 2.05) is 18.7 Å². The molecule has 8 nitrogen and oxygen atoms in total. The Morgan fingerprint density at radius 1 is 1.20 bits per heavy atom. The molecular weight excluding hydrogens is 571 g/mol. The van der Waals surface area contributed by atoms with Crippen molar-refractivity contribution in [3.8, 4) is 35.5 Å². The van der Waals surface area contributed by atoms with Crippen LogP contribution in [-0.4, -0.2) is 81.7 Å². The van der Waals surface area contributed by atoms with Gasteiger partial charge in [0, 0.05) is 23.9 Å². The summed E-state index contributed by atoms with van der Waals surface area (Å²) in [4.78, 5) is 17.8. The Morgan fingerprint density at radius 3 is 2.84 bits per heavy atom. The maximum absolute atomic E-state index is 16.8. The molecule has 3 aliphatic rings. The maximum Gasteiger partial charge on any atom is 0.319 e. The van der Waals surface area contributed by atoms with Crippen LogP contribution in [-0.2, 0) is 0 Å². The fourth-order valence-electron chi connectivity index (χ4n) is 7.20. The molecule has 2 saturated heterocycles. The summed E-state index contributed by atoms with van der Waals surface area (Å²) in [5, 5.41) is 11.3. The Hall–Kier alpha value is -4.14. The number of ether oxygens (including phenoxy) is 2. The van der Waals surface area contributed by atoms with E-state index in [0.29, 0.717) is 29.6 Å². The zero-order valence-electron chi connectivity index (χ0n) is 24.5. The molecule has 0 saturated carbocycles. The van der Waals surface area contributed by atoms with E-state index in [1.54, 1.807) is 24.3 Å². The summed E-state index contributed by atoms with van der Waals surface area (Å²) in [7, 11) is 0. The predicted octanol–water partition coefficient (Wildman–Crippen LogP) is 5.03. The zero-order valence-corrected chi connectivity index (χ0v) is 24.5. The molecule has 11 heteroatoms. The Labute approximate surface area is 252 Å². The lowest BCUT2D eigenvalue weighted by atomic mass is 9.95. The van der Waals surface area contributed by atoms with E-state index < -0.39 is 29.4 Å². The maximum atomic E-state index is 16.8. The summed E-state index contributed by atoms with van der Waals surface area (Å²) >= 11 is 0. The van der Waals surface area contributed by atoms with Crippen molar-refractivity contribution >= 4 is 27.5 Å². The van der Waals surface area contributed by atoms with Gasteiger partial charge in [0.05, 0.1) is 29.8 Å². The smallest absolute Gasteiger partial charge is 0.319 e. The average Bonchev–Trinajstić information content (AvgIpc) is 3.50. The molecule has 7 rings (SSSR count). The number of hydrogen-bond donors (Lipinski definition) is 1. The Morgan fingerprint density at radius 2 is 2.05 bits per heavy atom. The van der Waals surface area contributed by atoms with Gasteiger partial charge in [0.1, 0.15) is 47.6 Å². The van der Waals surface area contributed by atoms with Crippen molar-refractivity contribution in [1.82, 2.24) is 19.9 Å². The second-order valence-electron chi connectivity index (χ2n) is 12.1. The predicted molar refractivity (Wildman–Crippen MR) is 161 cm³/mol. The summed E-state index contributed by atoms with van der Waals surface area (Å²) in [6.07, 6.45) is 6.84. The summed E-state index contributed by atoms with van der Waals surface area (Å²) in [6.45, 7) is 5.02. The number of anilines is 1. The van der Waals surface area contributed by atoms with Crippen molar-refractivity contribution in [1.29, 1.82) is 0 Å². The zero-order chi connectivity index (χ0) is 30.7. The van der Waals surface area contributed by atoms with Gasteiger partial charge in [-0.15, -0.1) is 6.42 Å². The first-order valence-corrected chi connectivity index (χ1v) is 14.9. The van der Waals surface area contributed by atoms with Crippen molar-refractivity contribution < 1.29 is 27.8 Å². The fourth-order valence-corrected chi connectivity index (χ4v) is 7.20. The molecule has 0 aliphatic carbocycles. The highest BCUT2D eigenvalue weighted by Gasteiger charge is 2.49. The largest absolute Gasteiger partial charge is 0.475 e. The van der Waals surface area contributed by atoms with Crippen molar-refractivity contribution in [2.45, 2.75) is 56.9 Å². The van der Waals surface area contributed by atoms with E-state index in [1.165, 1.54) is 6.07 Å². The Kier molecular flexibility index (Phi) is 7.02. The highest BCUT2D eigenvalue weighted by Crippen LogP contribution is 2.44. The molecule has 4 aromatic rings. The molecule has 0 amide bonds. The molecule has 5 heterocycles. The van der Waals surface area contributed by atoms with Gasteiger partial charge in [-0.05, 0) is 44.7 Å². The van der Waals surface area contributed by atoms with E-state index in [0.717, 1.165) is 19.4 Å².